The average molecular weight is 304 g/mol. The van der Waals surface area contributed by atoms with Gasteiger partial charge < -0.3 is 10.6 Å². The second-order valence-electron chi connectivity index (χ2n) is 6.61. The van der Waals surface area contributed by atoms with Gasteiger partial charge in [-0.3, -0.25) is 0 Å². The van der Waals surface area contributed by atoms with E-state index < -0.39 is 0 Å². The third-order valence-electron chi connectivity index (χ3n) is 5.12. The topological polar surface area (TPSA) is 55.0 Å². The summed E-state index contributed by atoms with van der Waals surface area (Å²) in [6.07, 6.45) is 9.60. The number of aryl methyl sites for hydroxylation is 1. The highest BCUT2D eigenvalue weighted by atomic mass is 32.1. The van der Waals surface area contributed by atoms with Gasteiger partial charge in [0.1, 0.15) is 10.7 Å². The Morgan fingerprint density at radius 2 is 1.81 bits per heavy atom. The third-order valence-corrected chi connectivity index (χ3v) is 5.33. The maximum absolute atomic E-state index is 5.72. The first-order chi connectivity index (χ1) is 10.1. The standard InChI is InChI=1S/C16H24N4S/c1-12-11-13(14(17)21)19-15(18-12)20-9-7-16(8-10-20)5-3-2-4-6-16/h11H,2-10H2,1H3,(H2,17,21). The van der Waals surface area contributed by atoms with Crippen molar-refractivity contribution in [2.24, 2.45) is 11.1 Å². The minimum atomic E-state index is 0.350. The highest BCUT2D eigenvalue weighted by molar-refractivity contribution is 7.80. The molecule has 0 unspecified atom stereocenters. The molecule has 1 saturated heterocycles. The molecule has 0 radical (unpaired) electrons. The number of anilines is 1. The van der Waals surface area contributed by atoms with E-state index in [9.17, 15) is 0 Å². The fourth-order valence-electron chi connectivity index (χ4n) is 3.80. The van der Waals surface area contributed by atoms with Crippen molar-refractivity contribution in [3.63, 3.8) is 0 Å². The fraction of sp³-hybridized carbons (Fsp3) is 0.688. The summed E-state index contributed by atoms with van der Waals surface area (Å²) in [5.41, 5.74) is 7.93. The van der Waals surface area contributed by atoms with Crippen LogP contribution in [-0.4, -0.2) is 28.0 Å². The summed E-state index contributed by atoms with van der Waals surface area (Å²) in [5.74, 6) is 0.795. The van der Waals surface area contributed by atoms with Crippen molar-refractivity contribution in [3.05, 3.63) is 17.5 Å². The number of aromatic nitrogens is 2. The van der Waals surface area contributed by atoms with Gasteiger partial charge in [0.2, 0.25) is 5.95 Å². The van der Waals surface area contributed by atoms with E-state index >= 15 is 0 Å². The van der Waals surface area contributed by atoms with E-state index in [0.717, 1.165) is 24.7 Å². The van der Waals surface area contributed by atoms with Gasteiger partial charge in [-0.25, -0.2) is 9.97 Å². The molecular weight excluding hydrogens is 280 g/mol. The Morgan fingerprint density at radius 1 is 1.14 bits per heavy atom. The van der Waals surface area contributed by atoms with Crippen molar-refractivity contribution in [2.45, 2.75) is 51.9 Å². The van der Waals surface area contributed by atoms with Crippen LogP contribution in [0.1, 0.15) is 56.3 Å². The molecule has 3 rings (SSSR count). The molecule has 2 heterocycles. The predicted molar refractivity (Wildman–Crippen MR) is 89.6 cm³/mol. The van der Waals surface area contributed by atoms with E-state index in [-0.39, 0.29) is 0 Å². The van der Waals surface area contributed by atoms with E-state index in [1.54, 1.807) is 0 Å². The lowest BCUT2D eigenvalue weighted by Gasteiger charge is -2.44. The number of thiocarbonyl (C=S) groups is 1. The average Bonchev–Trinajstić information content (AvgIpc) is 2.48. The summed E-state index contributed by atoms with van der Waals surface area (Å²) in [6, 6.07) is 1.86. The Hall–Kier alpha value is -1.23. The molecule has 2 N–H and O–H groups in total. The van der Waals surface area contributed by atoms with Crippen molar-refractivity contribution in [1.82, 2.24) is 9.97 Å². The summed E-state index contributed by atoms with van der Waals surface area (Å²) in [7, 11) is 0. The molecule has 0 atom stereocenters. The van der Waals surface area contributed by atoms with E-state index in [4.69, 9.17) is 18.0 Å². The summed E-state index contributed by atoms with van der Waals surface area (Å²) in [4.78, 5) is 11.8. The van der Waals surface area contributed by atoms with E-state index in [1.165, 1.54) is 44.9 Å². The fourth-order valence-corrected chi connectivity index (χ4v) is 3.91. The van der Waals surface area contributed by atoms with E-state index in [0.29, 0.717) is 16.1 Å². The zero-order valence-electron chi connectivity index (χ0n) is 12.8. The number of hydrogen-bond acceptors (Lipinski definition) is 4. The quantitative estimate of drug-likeness (QED) is 0.851. The highest BCUT2D eigenvalue weighted by Gasteiger charge is 2.36. The minimum absolute atomic E-state index is 0.350. The van der Waals surface area contributed by atoms with Gasteiger partial charge in [-0.1, -0.05) is 31.5 Å². The van der Waals surface area contributed by atoms with Crippen LogP contribution in [0.15, 0.2) is 6.07 Å². The SMILES string of the molecule is Cc1cc(C(N)=S)nc(N2CCC3(CCCCC3)CC2)n1. The van der Waals surface area contributed by atoms with Crippen LogP contribution in [0.5, 0.6) is 0 Å². The summed E-state index contributed by atoms with van der Waals surface area (Å²) in [5, 5.41) is 0. The van der Waals surface area contributed by atoms with Crippen molar-refractivity contribution < 1.29 is 0 Å². The van der Waals surface area contributed by atoms with Crippen LogP contribution in [0, 0.1) is 12.3 Å². The van der Waals surface area contributed by atoms with Crippen LogP contribution >= 0.6 is 12.2 Å². The largest absolute Gasteiger partial charge is 0.388 e. The van der Waals surface area contributed by atoms with Crippen molar-refractivity contribution in [1.29, 1.82) is 0 Å². The normalized spacial score (nSPS) is 21.5. The molecule has 1 aliphatic heterocycles. The second-order valence-corrected chi connectivity index (χ2v) is 7.05. The molecule has 4 nitrogen and oxygen atoms in total. The molecule has 1 spiro atoms. The van der Waals surface area contributed by atoms with E-state index in [2.05, 4.69) is 14.9 Å². The van der Waals surface area contributed by atoms with Gasteiger partial charge in [-0.15, -0.1) is 0 Å². The number of piperidine rings is 1. The first-order valence-electron chi connectivity index (χ1n) is 7.98. The smallest absolute Gasteiger partial charge is 0.226 e. The van der Waals surface area contributed by atoms with Gasteiger partial charge in [0, 0.05) is 18.8 Å². The molecule has 2 fully saturated rings. The molecule has 1 aromatic rings. The van der Waals surface area contributed by atoms with Gasteiger partial charge in [0.15, 0.2) is 0 Å². The Balaban J connectivity index is 1.73. The van der Waals surface area contributed by atoms with Crippen molar-refractivity contribution >= 4 is 23.2 Å². The monoisotopic (exact) mass is 304 g/mol. The zero-order valence-corrected chi connectivity index (χ0v) is 13.6. The summed E-state index contributed by atoms with van der Waals surface area (Å²) < 4.78 is 0. The number of nitrogens with two attached hydrogens (primary N) is 1. The lowest BCUT2D eigenvalue weighted by Crippen LogP contribution is -2.42. The highest BCUT2D eigenvalue weighted by Crippen LogP contribution is 2.44. The molecule has 1 aliphatic carbocycles. The van der Waals surface area contributed by atoms with Crippen LogP contribution in [0.25, 0.3) is 0 Å². The maximum Gasteiger partial charge on any atom is 0.226 e. The number of nitrogens with zero attached hydrogens (tertiary/aromatic N) is 3. The molecule has 1 saturated carbocycles. The molecule has 5 heteroatoms. The van der Waals surface area contributed by atoms with Crippen molar-refractivity contribution in [2.75, 3.05) is 18.0 Å². The Kier molecular flexibility index (Phi) is 4.11. The van der Waals surface area contributed by atoms with Crippen LogP contribution in [0.2, 0.25) is 0 Å². The van der Waals surface area contributed by atoms with Gasteiger partial charge in [-0.2, -0.15) is 0 Å². The van der Waals surface area contributed by atoms with Crippen LogP contribution < -0.4 is 10.6 Å². The Labute approximate surface area is 132 Å². The molecule has 2 aliphatic rings. The van der Waals surface area contributed by atoms with E-state index in [1.807, 2.05) is 13.0 Å². The molecular formula is C16H24N4S. The first-order valence-corrected chi connectivity index (χ1v) is 8.39. The second kappa shape index (κ2) is 5.87. The molecule has 0 bridgehead atoms. The molecule has 0 aromatic carbocycles. The van der Waals surface area contributed by atoms with Gasteiger partial charge >= 0.3 is 0 Å². The Bertz CT molecular complexity index is 527. The van der Waals surface area contributed by atoms with Gasteiger partial charge in [0.25, 0.3) is 0 Å². The molecule has 0 amide bonds. The Morgan fingerprint density at radius 3 is 2.43 bits per heavy atom. The molecule has 114 valence electrons. The zero-order chi connectivity index (χ0) is 14.9. The first kappa shape index (κ1) is 14.7. The lowest BCUT2D eigenvalue weighted by molar-refractivity contribution is 0.144. The molecule has 1 aromatic heterocycles. The van der Waals surface area contributed by atoms with Gasteiger partial charge in [-0.05, 0) is 44.1 Å². The number of hydrogen-bond donors (Lipinski definition) is 1. The minimum Gasteiger partial charge on any atom is -0.388 e. The van der Waals surface area contributed by atoms with Crippen LogP contribution in [0.3, 0.4) is 0 Å². The maximum atomic E-state index is 5.72. The number of rotatable bonds is 2. The lowest BCUT2D eigenvalue weighted by atomic mass is 9.68. The van der Waals surface area contributed by atoms with Gasteiger partial charge in [0.05, 0.1) is 0 Å². The van der Waals surface area contributed by atoms with Crippen molar-refractivity contribution in [3.8, 4) is 0 Å². The van der Waals surface area contributed by atoms with Crippen LogP contribution in [-0.2, 0) is 0 Å². The molecule has 21 heavy (non-hydrogen) atoms. The summed E-state index contributed by atoms with van der Waals surface area (Å²) >= 11 is 5.05. The third kappa shape index (κ3) is 3.18. The van der Waals surface area contributed by atoms with Crippen LogP contribution in [0.4, 0.5) is 5.95 Å². The summed E-state index contributed by atoms with van der Waals surface area (Å²) in [6.45, 7) is 4.08. The predicted octanol–water partition coefficient (Wildman–Crippen LogP) is 2.97.